The predicted molar refractivity (Wildman–Crippen MR) is 54.4 cm³/mol. The fraction of sp³-hybridized carbons (Fsp3) is 0.250. The molecule has 0 unspecified atom stereocenters. The average molecular weight is 208 g/mol. The van der Waals surface area contributed by atoms with Crippen molar-refractivity contribution in [3.63, 3.8) is 0 Å². The molecule has 6 heteroatoms. The summed E-state index contributed by atoms with van der Waals surface area (Å²) in [5.74, 6) is 0. The van der Waals surface area contributed by atoms with Gasteiger partial charge < -0.3 is 4.57 Å². The zero-order chi connectivity index (χ0) is 10.1. The molecule has 0 spiro atoms. The van der Waals surface area contributed by atoms with Crippen molar-refractivity contribution >= 4 is 22.8 Å². The predicted octanol–water partition coefficient (Wildman–Crippen LogP) is 0.445. The van der Waals surface area contributed by atoms with Crippen LogP contribution in [0.25, 0.3) is 11.0 Å². The molecule has 2 heterocycles. The molecule has 14 heavy (non-hydrogen) atoms. The number of rotatable bonds is 1. The lowest BCUT2D eigenvalue weighted by Gasteiger charge is -1.99. The van der Waals surface area contributed by atoms with E-state index >= 15 is 0 Å². The van der Waals surface area contributed by atoms with Gasteiger partial charge in [-0.3, -0.25) is 4.79 Å². The lowest BCUT2D eigenvalue weighted by atomic mass is 10.4. The second-order valence-corrected chi connectivity index (χ2v) is 3.52. The van der Waals surface area contributed by atoms with Crippen molar-refractivity contribution in [3.8, 4) is 0 Å². The number of hydrogen-bond donors (Lipinski definition) is 0. The van der Waals surface area contributed by atoms with Crippen LogP contribution in [0.2, 0.25) is 0 Å². The van der Waals surface area contributed by atoms with Gasteiger partial charge in [0.2, 0.25) is 0 Å². The van der Waals surface area contributed by atoms with Gasteiger partial charge >= 0.3 is 0 Å². The van der Waals surface area contributed by atoms with Gasteiger partial charge in [0, 0.05) is 7.05 Å². The summed E-state index contributed by atoms with van der Waals surface area (Å²) in [4.78, 5) is 23.8. The number of hydrogen-bond acceptors (Lipinski definition) is 5. The zero-order valence-electron chi connectivity index (χ0n) is 7.76. The Kier molecular flexibility index (Phi) is 2.20. The molecule has 0 aliphatic rings. The van der Waals surface area contributed by atoms with Gasteiger partial charge in [0.1, 0.15) is 5.52 Å². The summed E-state index contributed by atoms with van der Waals surface area (Å²) in [5.41, 5.74) is 0.757. The molecule has 0 radical (unpaired) electrons. The molecule has 0 bridgehead atoms. The topological polar surface area (TPSA) is 60.7 Å². The van der Waals surface area contributed by atoms with E-state index in [1.807, 2.05) is 6.26 Å². The van der Waals surface area contributed by atoms with Crippen LogP contribution in [-0.4, -0.2) is 25.8 Å². The molecule has 0 saturated carbocycles. The van der Waals surface area contributed by atoms with Gasteiger partial charge in [0.05, 0.1) is 12.5 Å². The first-order chi connectivity index (χ1) is 6.72. The van der Waals surface area contributed by atoms with Crippen molar-refractivity contribution in [2.75, 3.05) is 6.26 Å². The molecule has 0 aliphatic heterocycles. The molecular weight excluding hydrogens is 200 g/mol. The third-order valence-corrected chi connectivity index (χ3v) is 2.38. The van der Waals surface area contributed by atoms with Gasteiger partial charge in [-0.15, -0.1) is 0 Å². The number of nitrogens with zero attached hydrogens (tertiary/aromatic N) is 4. The summed E-state index contributed by atoms with van der Waals surface area (Å²) in [5, 5.41) is 0.586. The molecule has 72 valence electrons. The summed E-state index contributed by atoms with van der Waals surface area (Å²) >= 11 is 1.40. The first kappa shape index (κ1) is 9.14. The molecule has 2 aromatic rings. The van der Waals surface area contributed by atoms with E-state index in [2.05, 4.69) is 15.0 Å². The highest BCUT2D eigenvalue weighted by atomic mass is 32.2. The van der Waals surface area contributed by atoms with Gasteiger partial charge in [-0.25, -0.2) is 15.0 Å². The van der Waals surface area contributed by atoms with Crippen LogP contribution in [0.4, 0.5) is 0 Å². The maximum atomic E-state index is 11.6. The van der Waals surface area contributed by atoms with Gasteiger partial charge in [-0.2, -0.15) is 0 Å². The van der Waals surface area contributed by atoms with Crippen LogP contribution in [0, 0.1) is 0 Å². The minimum Gasteiger partial charge on any atom is -0.301 e. The highest BCUT2D eigenvalue weighted by molar-refractivity contribution is 7.98. The van der Waals surface area contributed by atoms with E-state index < -0.39 is 0 Å². The van der Waals surface area contributed by atoms with Crippen LogP contribution in [0.3, 0.4) is 0 Å². The van der Waals surface area contributed by atoms with Gasteiger partial charge in [-0.1, -0.05) is 11.8 Å². The SMILES string of the molecule is CSc1ncc2ncn(C)c(=O)c2n1. The van der Waals surface area contributed by atoms with E-state index in [0.717, 1.165) is 0 Å². The Labute approximate surface area is 84.2 Å². The Morgan fingerprint density at radius 3 is 2.93 bits per heavy atom. The molecule has 0 aliphatic carbocycles. The highest BCUT2D eigenvalue weighted by Crippen LogP contribution is 2.09. The maximum Gasteiger partial charge on any atom is 0.279 e. The minimum absolute atomic E-state index is 0.146. The number of fused-ring (bicyclic) bond motifs is 1. The lowest BCUT2D eigenvalue weighted by molar-refractivity contribution is 0.830. The number of thioether (sulfide) groups is 1. The van der Waals surface area contributed by atoms with E-state index in [1.54, 1.807) is 13.2 Å². The van der Waals surface area contributed by atoms with Crippen LogP contribution in [0.15, 0.2) is 22.5 Å². The van der Waals surface area contributed by atoms with Crippen molar-refractivity contribution in [2.45, 2.75) is 5.16 Å². The molecule has 0 N–H and O–H groups in total. The smallest absolute Gasteiger partial charge is 0.279 e. The first-order valence-corrected chi connectivity index (χ1v) is 5.17. The van der Waals surface area contributed by atoms with E-state index in [4.69, 9.17) is 0 Å². The molecule has 0 aromatic carbocycles. The summed E-state index contributed by atoms with van der Waals surface area (Å²) in [7, 11) is 1.65. The van der Waals surface area contributed by atoms with E-state index in [-0.39, 0.29) is 5.56 Å². The van der Waals surface area contributed by atoms with Crippen LogP contribution in [-0.2, 0) is 7.05 Å². The van der Waals surface area contributed by atoms with Crippen molar-refractivity contribution in [3.05, 3.63) is 22.9 Å². The molecule has 5 nitrogen and oxygen atoms in total. The second-order valence-electron chi connectivity index (χ2n) is 2.75. The summed E-state index contributed by atoms with van der Waals surface area (Å²) in [6.07, 6.45) is 4.89. The molecule has 2 aromatic heterocycles. The van der Waals surface area contributed by atoms with Gasteiger partial charge in [-0.05, 0) is 6.26 Å². The maximum absolute atomic E-state index is 11.6. The Balaban J connectivity index is 2.85. The third-order valence-electron chi connectivity index (χ3n) is 1.82. The average Bonchev–Trinajstić information content (AvgIpc) is 2.23. The molecule has 2 rings (SSSR count). The number of aromatic nitrogens is 4. The second kappa shape index (κ2) is 3.38. The van der Waals surface area contributed by atoms with Crippen LogP contribution < -0.4 is 5.56 Å². The number of aryl methyl sites for hydroxylation is 1. The monoisotopic (exact) mass is 208 g/mol. The molecule has 0 saturated heterocycles. The fourth-order valence-electron chi connectivity index (χ4n) is 1.08. The zero-order valence-corrected chi connectivity index (χ0v) is 8.58. The Morgan fingerprint density at radius 1 is 1.43 bits per heavy atom. The largest absolute Gasteiger partial charge is 0.301 e. The third kappa shape index (κ3) is 1.37. The van der Waals surface area contributed by atoms with Gasteiger partial charge in [0.25, 0.3) is 5.56 Å². The minimum atomic E-state index is -0.146. The van der Waals surface area contributed by atoms with Crippen molar-refractivity contribution in [1.82, 2.24) is 19.5 Å². The van der Waals surface area contributed by atoms with Crippen LogP contribution in [0.5, 0.6) is 0 Å². The van der Waals surface area contributed by atoms with Gasteiger partial charge in [0.15, 0.2) is 10.7 Å². The Morgan fingerprint density at radius 2 is 2.21 bits per heavy atom. The molecular formula is C8H8N4OS. The van der Waals surface area contributed by atoms with Crippen molar-refractivity contribution in [2.24, 2.45) is 7.05 Å². The first-order valence-electron chi connectivity index (χ1n) is 3.95. The highest BCUT2D eigenvalue weighted by Gasteiger charge is 2.04. The summed E-state index contributed by atoms with van der Waals surface area (Å²) in [6, 6.07) is 0. The van der Waals surface area contributed by atoms with E-state index in [1.165, 1.54) is 22.7 Å². The lowest BCUT2D eigenvalue weighted by Crippen LogP contribution is -2.18. The molecule has 0 amide bonds. The van der Waals surface area contributed by atoms with Crippen molar-refractivity contribution < 1.29 is 0 Å². The Hall–Kier alpha value is -1.43. The summed E-state index contributed by atoms with van der Waals surface area (Å²) < 4.78 is 1.40. The molecule has 0 fully saturated rings. The quantitative estimate of drug-likeness (QED) is 0.503. The summed E-state index contributed by atoms with van der Waals surface area (Å²) in [6.45, 7) is 0. The van der Waals surface area contributed by atoms with Crippen LogP contribution >= 0.6 is 11.8 Å². The molecule has 0 atom stereocenters. The van der Waals surface area contributed by atoms with E-state index in [0.29, 0.717) is 16.2 Å². The van der Waals surface area contributed by atoms with Crippen molar-refractivity contribution in [1.29, 1.82) is 0 Å². The van der Waals surface area contributed by atoms with Crippen LogP contribution in [0.1, 0.15) is 0 Å². The normalized spacial score (nSPS) is 10.7. The fourth-order valence-corrected chi connectivity index (χ4v) is 1.42. The standard InChI is InChI=1S/C8H8N4OS/c1-12-4-10-5-3-9-8(14-2)11-6(5)7(12)13/h3-4H,1-2H3. The van der Waals surface area contributed by atoms with E-state index in [9.17, 15) is 4.79 Å². The Bertz CT molecular complexity index is 536.